The summed E-state index contributed by atoms with van der Waals surface area (Å²) in [6.45, 7) is -0.0906. The van der Waals surface area contributed by atoms with Gasteiger partial charge in [-0.1, -0.05) is 72.8 Å². The summed E-state index contributed by atoms with van der Waals surface area (Å²) in [6.07, 6.45) is -6.63. The molecule has 5 rings (SSSR count). The van der Waals surface area contributed by atoms with E-state index in [1.54, 1.807) is 18.2 Å². The van der Waals surface area contributed by atoms with E-state index < -0.39 is 28.3 Å². The lowest BCUT2D eigenvalue weighted by Crippen LogP contribution is -2.46. The molecule has 0 saturated carbocycles. The van der Waals surface area contributed by atoms with Crippen molar-refractivity contribution in [2.45, 2.75) is 23.8 Å². The van der Waals surface area contributed by atoms with Gasteiger partial charge in [-0.05, 0) is 47.0 Å². The van der Waals surface area contributed by atoms with Crippen LogP contribution in [0.25, 0.3) is 11.1 Å². The molecule has 1 aliphatic heterocycles. The number of sulfonamides is 1. The topological polar surface area (TPSA) is 78.5 Å². The highest BCUT2D eigenvalue weighted by Gasteiger charge is 2.48. The summed E-state index contributed by atoms with van der Waals surface area (Å²) in [7, 11) is -4.15. The van der Waals surface area contributed by atoms with E-state index in [9.17, 15) is 26.4 Å². The van der Waals surface area contributed by atoms with Crippen molar-refractivity contribution in [3.05, 3.63) is 114 Å². The number of fused-ring (bicyclic) bond motifs is 1. The van der Waals surface area contributed by atoms with E-state index in [1.807, 2.05) is 47.2 Å². The minimum absolute atomic E-state index is 0.0858. The van der Waals surface area contributed by atoms with Crippen molar-refractivity contribution < 1.29 is 26.4 Å². The zero-order valence-corrected chi connectivity index (χ0v) is 20.6. The smallest absolute Gasteiger partial charge is 0.356 e. The number of nitrogens with zero attached hydrogens (tertiary/aromatic N) is 1. The number of amides is 1. The lowest BCUT2D eigenvalue weighted by Gasteiger charge is -2.28. The van der Waals surface area contributed by atoms with Crippen LogP contribution in [0.1, 0.15) is 15.9 Å². The van der Waals surface area contributed by atoms with Crippen molar-refractivity contribution in [2.75, 3.05) is 10.2 Å². The molecule has 1 aliphatic rings. The third kappa shape index (κ3) is 5.21. The van der Waals surface area contributed by atoms with Gasteiger partial charge in [0.15, 0.2) is 6.17 Å². The van der Waals surface area contributed by atoms with Crippen molar-refractivity contribution in [2.24, 2.45) is 0 Å². The van der Waals surface area contributed by atoms with Gasteiger partial charge in [0.05, 0.1) is 16.3 Å². The van der Waals surface area contributed by atoms with E-state index in [2.05, 4.69) is 5.32 Å². The maximum atomic E-state index is 14.0. The predicted octanol–water partition coefficient (Wildman–Crippen LogP) is 5.79. The van der Waals surface area contributed by atoms with Crippen molar-refractivity contribution in [1.29, 1.82) is 0 Å². The van der Waals surface area contributed by atoms with Crippen LogP contribution in [0.5, 0.6) is 0 Å². The fourth-order valence-corrected chi connectivity index (χ4v) is 5.30. The van der Waals surface area contributed by atoms with Gasteiger partial charge in [-0.25, -0.2) is 13.1 Å². The molecule has 2 N–H and O–H groups in total. The number of halogens is 3. The van der Waals surface area contributed by atoms with Crippen molar-refractivity contribution in [3.63, 3.8) is 0 Å². The predicted molar refractivity (Wildman–Crippen MR) is 139 cm³/mol. The number of rotatable bonds is 6. The van der Waals surface area contributed by atoms with Gasteiger partial charge in [0.1, 0.15) is 0 Å². The maximum Gasteiger partial charge on any atom is 0.427 e. The molecular weight excluding hydrogens is 515 g/mol. The molecule has 0 bridgehead atoms. The molecular formula is C28H22F3N3O3S. The van der Waals surface area contributed by atoms with Crippen molar-refractivity contribution in [3.8, 4) is 11.1 Å². The summed E-state index contributed by atoms with van der Waals surface area (Å²) in [5.41, 5.74) is 2.80. The van der Waals surface area contributed by atoms with Gasteiger partial charge in [-0.2, -0.15) is 13.2 Å². The molecule has 6 nitrogen and oxygen atoms in total. The number of nitrogens with one attached hydrogen (secondary N) is 2. The average molecular weight is 538 g/mol. The van der Waals surface area contributed by atoms with E-state index in [-0.39, 0.29) is 28.4 Å². The highest BCUT2D eigenvalue weighted by molar-refractivity contribution is 7.90. The highest BCUT2D eigenvalue weighted by Crippen LogP contribution is 2.42. The summed E-state index contributed by atoms with van der Waals surface area (Å²) >= 11 is 0. The molecule has 0 fully saturated rings. The Morgan fingerprint density at radius 1 is 0.842 bits per heavy atom. The molecule has 1 atom stereocenters. The quantitative estimate of drug-likeness (QED) is 0.326. The van der Waals surface area contributed by atoms with E-state index in [0.717, 1.165) is 16.0 Å². The van der Waals surface area contributed by atoms with Gasteiger partial charge in [-0.3, -0.25) is 4.79 Å². The van der Waals surface area contributed by atoms with Crippen LogP contribution in [0.4, 0.5) is 24.5 Å². The van der Waals surface area contributed by atoms with Crippen molar-refractivity contribution in [1.82, 2.24) is 4.72 Å². The first-order valence-electron chi connectivity index (χ1n) is 11.6. The molecule has 0 saturated heterocycles. The van der Waals surface area contributed by atoms with Gasteiger partial charge in [0.25, 0.3) is 15.9 Å². The second-order valence-electron chi connectivity index (χ2n) is 8.76. The molecule has 1 heterocycles. The lowest BCUT2D eigenvalue weighted by molar-refractivity contribution is -0.141. The third-order valence-electron chi connectivity index (χ3n) is 6.18. The second-order valence-corrected chi connectivity index (χ2v) is 10.4. The number of carbonyl (C=O) groups excluding carboxylic acids is 1. The summed E-state index contributed by atoms with van der Waals surface area (Å²) in [6, 6.07) is 28.0. The number of hydrogen-bond donors (Lipinski definition) is 2. The Morgan fingerprint density at radius 3 is 2.08 bits per heavy atom. The molecule has 0 aliphatic carbocycles. The molecule has 4 aromatic rings. The SMILES string of the molecule is O=C(NS(=O)(=O)c1ccccc1)c1ccc2c(c1)N(Cc1ccc(-c3ccccc3)cc1)C(C(F)(F)F)N2. The van der Waals surface area contributed by atoms with Crippen molar-refractivity contribution >= 4 is 27.3 Å². The summed E-state index contributed by atoms with van der Waals surface area (Å²) in [5, 5.41) is 2.47. The lowest BCUT2D eigenvalue weighted by atomic mass is 10.0. The third-order valence-corrected chi connectivity index (χ3v) is 7.52. The van der Waals surface area contributed by atoms with Crippen LogP contribution in [0.15, 0.2) is 108 Å². The van der Waals surface area contributed by atoms with E-state index >= 15 is 0 Å². The number of benzene rings is 4. The minimum atomic E-state index is -4.61. The molecule has 38 heavy (non-hydrogen) atoms. The van der Waals surface area contributed by atoms with E-state index in [0.29, 0.717) is 5.56 Å². The average Bonchev–Trinajstić information content (AvgIpc) is 3.28. The van der Waals surface area contributed by atoms with E-state index in [4.69, 9.17) is 0 Å². The number of anilines is 2. The largest absolute Gasteiger partial charge is 0.427 e. The molecule has 0 spiro atoms. The van der Waals surface area contributed by atoms with Crippen LogP contribution in [0, 0.1) is 0 Å². The number of carbonyl (C=O) groups is 1. The summed E-state index contributed by atoms with van der Waals surface area (Å²) in [4.78, 5) is 13.8. The maximum absolute atomic E-state index is 14.0. The molecule has 194 valence electrons. The Labute approximate surface area is 217 Å². The van der Waals surface area contributed by atoms with Crippen LogP contribution < -0.4 is 14.9 Å². The Morgan fingerprint density at radius 2 is 1.45 bits per heavy atom. The Hall–Kier alpha value is -4.31. The van der Waals surface area contributed by atoms with Gasteiger partial charge < -0.3 is 10.2 Å². The zero-order chi connectivity index (χ0) is 26.9. The first-order chi connectivity index (χ1) is 18.1. The molecule has 1 amide bonds. The number of hydrogen-bond acceptors (Lipinski definition) is 5. The van der Waals surface area contributed by atoms with E-state index in [1.165, 1.54) is 42.5 Å². The van der Waals surface area contributed by atoms with Gasteiger partial charge >= 0.3 is 6.18 Å². The van der Waals surface area contributed by atoms with Crippen LogP contribution in [-0.4, -0.2) is 26.7 Å². The first kappa shape index (κ1) is 25.3. The fraction of sp³-hybridized carbons (Fsp3) is 0.107. The summed E-state index contributed by atoms with van der Waals surface area (Å²) < 4.78 is 69.0. The van der Waals surface area contributed by atoms with Crippen LogP contribution in [0.2, 0.25) is 0 Å². The van der Waals surface area contributed by atoms with Gasteiger partial charge in [0.2, 0.25) is 0 Å². The fourth-order valence-electron chi connectivity index (χ4n) is 4.30. The van der Waals surface area contributed by atoms with Crippen LogP contribution >= 0.6 is 0 Å². The van der Waals surface area contributed by atoms with Gasteiger partial charge in [-0.15, -0.1) is 0 Å². The number of alkyl halides is 3. The minimum Gasteiger partial charge on any atom is -0.356 e. The van der Waals surface area contributed by atoms with Crippen LogP contribution in [0.3, 0.4) is 0 Å². The van der Waals surface area contributed by atoms with Crippen LogP contribution in [-0.2, 0) is 16.6 Å². The monoisotopic (exact) mass is 537 g/mol. The first-order valence-corrected chi connectivity index (χ1v) is 13.1. The second kappa shape index (κ2) is 9.86. The zero-order valence-electron chi connectivity index (χ0n) is 19.8. The Bertz CT molecular complexity index is 1560. The molecule has 4 aromatic carbocycles. The standard InChI is InChI=1S/C28H22F3N3O3S/c29-28(30,31)27-32-24-16-15-22(26(35)33-38(36,37)23-9-5-2-6-10-23)17-25(24)34(27)18-19-11-13-21(14-12-19)20-7-3-1-4-8-20/h1-17,27,32H,18H2,(H,33,35). The highest BCUT2D eigenvalue weighted by atomic mass is 32.2. The Balaban J connectivity index is 1.42. The molecule has 0 aromatic heterocycles. The Kier molecular flexibility index (Phi) is 6.58. The molecule has 0 radical (unpaired) electrons. The molecule has 1 unspecified atom stereocenters. The van der Waals surface area contributed by atoms with Gasteiger partial charge in [0, 0.05) is 12.1 Å². The summed E-state index contributed by atoms with van der Waals surface area (Å²) in [5.74, 6) is -0.945. The normalized spacial score (nSPS) is 15.0. The molecule has 10 heteroatoms.